The first kappa shape index (κ1) is 12.6. The molecule has 1 saturated heterocycles. The molecule has 0 aliphatic carbocycles. The van der Waals surface area contributed by atoms with Gasteiger partial charge in [0.25, 0.3) is 0 Å². The van der Waals surface area contributed by atoms with E-state index in [4.69, 9.17) is 5.26 Å². The molecule has 4 heteroatoms. The van der Waals surface area contributed by atoms with E-state index in [0.717, 1.165) is 18.4 Å². The normalized spacial score (nSPS) is 16.3. The molecular formula is C14H15FN2O. The summed E-state index contributed by atoms with van der Waals surface area (Å²) in [6.07, 6.45) is 1.81. The maximum absolute atomic E-state index is 12.7. The van der Waals surface area contributed by atoms with Gasteiger partial charge in [0.05, 0.1) is 12.5 Å². The van der Waals surface area contributed by atoms with Crippen LogP contribution in [0.25, 0.3) is 0 Å². The van der Waals surface area contributed by atoms with Gasteiger partial charge < -0.3 is 4.90 Å². The predicted octanol–water partition coefficient (Wildman–Crippen LogP) is 2.13. The van der Waals surface area contributed by atoms with E-state index in [1.54, 1.807) is 17.0 Å². The molecule has 0 aromatic heterocycles. The standard InChI is InChI=1S/C14H15FN2O/c15-13-3-1-11(2-4-13)9-14(18)17-7-5-12(10-16)6-8-17/h1-4,12H,5-9H2. The van der Waals surface area contributed by atoms with Gasteiger partial charge in [-0.05, 0) is 30.5 Å². The zero-order chi connectivity index (χ0) is 13.0. The van der Waals surface area contributed by atoms with Crippen LogP contribution in [0.15, 0.2) is 24.3 Å². The second-order valence-corrected chi connectivity index (χ2v) is 4.59. The summed E-state index contributed by atoms with van der Waals surface area (Å²) in [5, 5.41) is 8.79. The first-order valence-corrected chi connectivity index (χ1v) is 6.11. The minimum atomic E-state index is -0.291. The number of piperidine rings is 1. The van der Waals surface area contributed by atoms with Crippen molar-refractivity contribution in [2.24, 2.45) is 5.92 Å². The highest BCUT2D eigenvalue weighted by molar-refractivity contribution is 5.78. The summed E-state index contributed by atoms with van der Waals surface area (Å²) >= 11 is 0. The SMILES string of the molecule is N#CC1CCN(C(=O)Cc2ccc(F)cc2)CC1. The van der Waals surface area contributed by atoms with E-state index in [2.05, 4.69) is 6.07 Å². The van der Waals surface area contributed by atoms with E-state index in [1.165, 1.54) is 12.1 Å². The summed E-state index contributed by atoms with van der Waals surface area (Å²) in [4.78, 5) is 13.8. The second kappa shape index (κ2) is 5.63. The topological polar surface area (TPSA) is 44.1 Å². The molecule has 0 N–H and O–H groups in total. The summed E-state index contributed by atoms with van der Waals surface area (Å²) in [7, 11) is 0. The van der Waals surface area contributed by atoms with Crippen LogP contribution in [0.5, 0.6) is 0 Å². The molecule has 0 unspecified atom stereocenters. The van der Waals surface area contributed by atoms with Crippen LogP contribution >= 0.6 is 0 Å². The van der Waals surface area contributed by atoms with Crippen LogP contribution in [0.3, 0.4) is 0 Å². The molecule has 0 spiro atoms. The van der Waals surface area contributed by atoms with Crippen LogP contribution in [0.4, 0.5) is 4.39 Å². The summed E-state index contributed by atoms with van der Waals surface area (Å²) < 4.78 is 12.7. The Labute approximate surface area is 106 Å². The molecule has 1 amide bonds. The van der Waals surface area contributed by atoms with Gasteiger partial charge in [0.2, 0.25) is 5.91 Å². The Hall–Kier alpha value is -1.89. The molecule has 0 atom stereocenters. The fourth-order valence-electron chi connectivity index (χ4n) is 2.15. The van der Waals surface area contributed by atoms with Crippen molar-refractivity contribution < 1.29 is 9.18 Å². The smallest absolute Gasteiger partial charge is 0.226 e. The number of amides is 1. The van der Waals surface area contributed by atoms with Gasteiger partial charge in [-0.25, -0.2) is 4.39 Å². The average molecular weight is 246 g/mol. The lowest BCUT2D eigenvalue weighted by Crippen LogP contribution is -2.39. The summed E-state index contributed by atoms with van der Waals surface area (Å²) in [6, 6.07) is 8.24. The molecule has 94 valence electrons. The van der Waals surface area contributed by atoms with E-state index in [-0.39, 0.29) is 17.6 Å². The molecule has 0 saturated carbocycles. The second-order valence-electron chi connectivity index (χ2n) is 4.59. The van der Waals surface area contributed by atoms with Gasteiger partial charge in [-0.1, -0.05) is 12.1 Å². The molecular weight excluding hydrogens is 231 g/mol. The number of hydrogen-bond donors (Lipinski definition) is 0. The van der Waals surface area contributed by atoms with E-state index in [1.807, 2.05) is 0 Å². The van der Waals surface area contributed by atoms with Gasteiger partial charge in [0, 0.05) is 19.0 Å². The number of carbonyl (C=O) groups excluding carboxylic acids is 1. The number of nitriles is 1. The molecule has 1 aliphatic heterocycles. The Morgan fingerprint density at radius 1 is 1.33 bits per heavy atom. The van der Waals surface area contributed by atoms with E-state index in [9.17, 15) is 9.18 Å². The van der Waals surface area contributed by atoms with Crippen LogP contribution < -0.4 is 0 Å². The molecule has 1 heterocycles. The molecule has 0 bridgehead atoms. The third-order valence-electron chi connectivity index (χ3n) is 3.30. The summed E-state index contributed by atoms with van der Waals surface area (Å²) in [5.41, 5.74) is 0.823. The molecule has 1 aliphatic rings. The van der Waals surface area contributed by atoms with Gasteiger partial charge in [0.15, 0.2) is 0 Å². The lowest BCUT2D eigenvalue weighted by molar-refractivity contribution is -0.131. The van der Waals surface area contributed by atoms with Gasteiger partial charge in [0.1, 0.15) is 5.82 Å². The minimum Gasteiger partial charge on any atom is -0.342 e. The van der Waals surface area contributed by atoms with Crippen molar-refractivity contribution in [3.63, 3.8) is 0 Å². The number of hydrogen-bond acceptors (Lipinski definition) is 2. The van der Waals surface area contributed by atoms with Crippen molar-refractivity contribution in [2.75, 3.05) is 13.1 Å². The van der Waals surface area contributed by atoms with Gasteiger partial charge in [-0.3, -0.25) is 4.79 Å². The average Bonchev–Trinajstić information content (AvgIpc) is 2.41. The van der Waals surface area contributed by atoms with Gasteiger partial charge in [-0.2, -0.15) is 5.26 Å². The first-order chi connectivity index (χ1) is 8.69. The Morgan fingerprint density at radius 3 is 2.50 bits per heavy atom. The number of carbonyl (C=O) groups is 1. The number of rotatable bonds is 2. The fraction of sp³-hybridized carbons (Fsp3) is 0.429. The lowest BCUT2D eigenvalue weighted by atomic mass is 9.98. The highest BCUT2D eigenvalue weighted by atomic mass is 19.1. The van der Waals surface area contributed by atoms with Crippen molar-refractivity contribution in [3.05, 3.63) is 35.6 Å². The number of benzene rings is 1. The van der Waals surface area contributed by atoms with E-state index < -0.39 is 0 Å². The molecule has 2 rings (SSSR count). The third-order valence-corrected chi connectivity index (χ3v) is 3.30. The zero-order valence-electron chi connectivity index (χ0n) is 10.1. The van der Waals surface area contributed by atoms with Crippen LogP contribution in [0, 0.1) is 23.1 Å². The van der Waals surface area contributed by atoms with E-state index in [0.29, 0.717) is 19.5 Å². The van der Waals surface area contributed by atoms with Crippen molar-refractivity contribution in [1.82, 2.24) is 4.90 Å². The molecule has 18 heavy (non-hydrogen) atoms. The third kappa shape index (κ3) is 3.07. The Balaban J connectivity index is 1.89. The van der Waals surface area contributed by atoms with Crippen LogP contribution in [0.1, 0.15) is 18.4 Å². The van der Waals surface area contributed by atoms with Crippen LogP contribution in [0.2, 0.25) is 0 Å². The Kier molecular flexibility index (Phi) is 3.93. The molecule has 3 nitrogen and oxygen atoms in total. The van der Waals surface area contributed by atoms with Crippen molar-refractivity contribution in [2.45, 2.75) is 19.3 Å². The maximum atomic E-state index is 12.7. The number of halogens is 1. The molecule has 1 aromatic rings. The quantitative estimate of drug-likeness (QED) is 0.802. The highest BCUT2D eigenvalue weighted by Crippen LogP contribution is 2.17. The maximum Gasteiger partial charge on any atom is 0.226 e. The Bertz CT molecular complexity index is 456. The van der Waals surface area contributed by atoms with Gasteiger partial charge >= 0.3 is 0 Å². The van der Waals surface area contributed by atoms with Crippen molar-refractivity contribution in [1.29, 1.82) is 5.26 Å². The lowest BCUT2D eigenvalue weighted by Gasteiger charge is -2.29. The van der Waals surface area contributed by atoms with Crippen LogP contribution in [-0.4, -0.2) is 23.9 Å². The van der Waals surface area contributed by atoms with Crippen LogP contribution in [-0.2, 0) is 11.2 Å². The van der Waals surface area contributed by atoms with Crippen molar-refractivity contribution in [3.8, 4) is 6.07 Å². The predicted molar refractivity (Wildman–Crippen MR) is 65.0 cm³/mol. The number of likely N-dealkylation sites (tertiary alicyclic amines) is 1. The number of nitrogens with zero attached hydrogens (tertiary/aromatic N) is 2. The first-order valence-electron chi connectivity index (χ1n) is 6.11. The highest BCUT2D eigenvalue weighted by Gasteiger charge is 2.22. The fourth-order valence-corrected chi connectivity index (χ4v) is 2.15. The van der Waals surface area contributed by atoms with Crippen molar-refractivity contribution >= 4 is 5.91 Å². The molecule has 0 radical (unpaired) electrons. The van der Waals surface area contributed by atoms with Gasteiger partial charge in [-0.15, -0.1) is 0 Å². The monoisotopic (exact) mass is 246 g/mol. The zero-order valence-corrected chi connectivity index (χ0v) is 10.1. The Morgan fingerprint density at radius 2 is 1.94 bits per heavy atom. The molecule has 1 fully saturated rings. The van der Waals surface area contributed by atoms with E-state index >= 15 is 0 Å². The summed E-state index contributed by atoms with van der Waals surface area (Å²) in [6.45, 7) is 1.30. The summed E-state index contributed by atoms with van der Waals surface area (Å²) in [5.74, 6) is -0.154. The largest absolute Gasteiger partial charge is 0.342 e. The minimum absolute atomic E-state index is 0.0537. The molecule has 1 aromatic carbocycles.